The van der Waals surface area contributed by atoms with Crippen LogP contribution in [0.15, 0.2) is 0 Å². The minimum atomic E-state index is 0.186. The smallest absolute Gasteiger partial charge is 0.0702 e. The molecule has 0 bridgehead atoms. The molecule has 96 valence electrons. The second-order valence-electron chi connectivity index (χ2n) is 6.24. The number of hydrogen-bond donors (Lipinski definition) is 1. The Labute approximate surface area is 100 Å². The molecule has 1 heterocycles. The first-order valence-electron chi connectivity index (χ1n) is 6.40. The molecule has 0 saturated carbocycles. The molecule has 2 N–H and O–H groups in total. The van der Waals surface area contributed by atoms with Gasteiger partial charge in [0.2, 0.25) is 0 Å². The highest BCUT2D eigenvalue weighted by Crippen LogP contribution is 2.26. The summed E-state index contributed by atoms with van der Waals surface area (Å²) < 4.78 is 5.68. The summed E-state index contributed by atoms with van der Waals surface area (Å²) in [5.74, 6) is 0. The van der Waals surface area contributed by atoms with Crippen molar-refractivity contribution in [1.29, 1.82) is 0 Å². The van der Waals surface area contributed by atoms with E-state index < -0.39 is 0 Å². The van der Waals surface area contributed by atoms with Gasteiger partial charge in [-0.15, -0.1) is 0 Å². The average Bonchev–Trinajstić information content (AvgIpc) is 2.52. The Balaban J connectivity index is 2.56. The molecule has 1 aliphatic rings. The van der Waals surface area contributed by atoms with E-state index in [9.17, 15) is 0 Å². The number of likely N-dealkylation sites (N-methyl/N-ethyl adjacent to an activating group) is 1. The van der Waals surface area contributed by atoms with Crippen molar-refractivity contribution in [3.05, 3.63) is 0 Å². The van der Waals surface area contributed by atoms with Crippen LogP contribution in [-0.2, 0) is 4.74 Å². The van der Waals surface area contributed by atoms with Crippen molar-refractivity contribution in [3.8, 4) is 0 Å². The fourth-order valence-corrected chi connectivity index (χ4v) is 3.07. The fourth-order valence-electron chi connectivity index (χ4n) is 3.07. The third-order valence-electron chi connectivity index (χ3n) is 3.38. The molecule has 1 saturated heterocycles. The topological polar surface area (TPSA) is 38.5 Å². The minimum Gasteiger partial charge on any atom is -0.377 e. The lowest BCUT2D eigenvalue weighted by atomic mass is 9.82. The summed E-state index contributed by atoms with van der Waals surface area (Å²) >= 11 is 0. The molecule has 0 spiro atoms. The first-order valence-corrected chi connectivity index (χ1v) is 6.40. The highest BCUT2D eigenvalue weighted by Gasteiger charge is 2.32. The maximum atomic E-state index is 6.12. The molecule has 3 nitrogen and oxygen atoms in total. The van der Waals surface area contributed by atoms with E-state index in [0.717, 1.165) is 13.2 Å². The summed E-state index contributed by atoms with van der Waals surface area (Å²) in [4.78, 5) is 2.38. The monoisotopic (exact) mass is 228 g/mol. The first-order chi connectivity index (χ1) is 7.32. The molecule has 3 unspecified atom stereocenters. The lowest BCUT2D eigenvalue weighted by Gasteiger charge is -2.41. The van der Waals surface area contributed by atoms with Crippen LogP contribution in [0.25, 0.3) is 0 Å². The average molecular weight is 228 g/mol. The van der Waals surface area contributed by atoms with E-state index in [4.69, 9.17) is 10.5 Å². The van der Waals surface area contributed by atoms with Crippen LogP contribution < -0.4 is 5.73 Å². The molecule has 0 aromatic heterocycles. The van der Waals surface area contributed by atoms with E-state index >= 15 is 0 Å². The number of rotatable bonds is 4. The highest BCUT2D eigenvalue weighted by molar-refractivity contribution is 4.89. The van der Waals surface area contributed by atoms with Crippen molar-refractivity contribution in [1.82, 2.24) is 4.90 Å². The van der Waals surface area contributed by atoms with Gasteiger partial charge in [0.25, 0.3) is 0 Å². The standard InChI is InChI=1S/C13H28N2O/c1-10(14)12(13(2,3)4)15(5)9-11-7-6-8-16-11/h10-12H,6-9,14H2,1-5H3. The van der Waals surface area contributed by atoms with Gasteiger partial charge in [0, 0.05) is 25.2 Å². The summed E-state index contributed by atoms with van der Waals surface area (Å²) in [6.07, 6.45) is 2.81. The molecule has 0 aromatic rings. The summed E-state index contributed by atoms with van der Waals surface area (Å²) in [5, 5.41) is 0. The molecule has 1 fully saturated rings. The van der Waals surface area contributed by atoms with Crippen molar-refractivity contribution < 1.29 is 4.74 Å². The molecular weight excluding hydrogens is 200 g/mol. The Morgan fingerprint density at radius 1 is 1.44 bits per heavy atom. The van der Waals surface area contributed by atoms with Crippen molar-refractivity contribution in [2.24, 2.45) is 11.1 Å². The van der Waals surface area contributed by atoms with Crippen LogP contribution in [0.3, 0.4) is 0 Å². The van der Waals surface area contributed by atoms with E-state index in [1.807, 2.05) is 0 Å². The van der Waals surface area contributed by atoms with E-state index in [0.29, 0.717) is 12.1 Å². The lowest BCUT2D eigenvalue weighted by Crippen LogP contribution is -2.53. The van der Waals surface area contributed by atoms with Crippen LogP contribution in [0.5, 0.6) is 0 Å². The predicted octanol–water partition coefficient (Wildman–Crippen LogP) is 1.86. The minimum absolute atomic E-state index is 0.186. The quantitative estimate of drug-likeness (QED) is 0.798. The van der Waals surface area contributed by atoms with E-state index in [1.54, 1.807) is 0 Å². The fraction of sp³-hybridized carbons (Fsp3) is 1.00. The summed E-state index contributed by atoms with van der Waals surface area (Å²) in [7, 11) is 2.17. The third-order valence-corrected chi connectivity index (χ3v) is 3.38. The molecule has 0 radical (unpaired) electrons. The summed E-state index contributed by atoms with van der Waals surface area (Å²) in [5.41, 5.74) is 6.33. The Bertz CT molecular complexity index is 204. The van der Waals surface area contributed by atoms with Gasteiger partial charge in [0.05, 0.1) is 6.10 Å². The normalized spacial score (nSPS) is 26.1. The predicted molar refractivity (Wildman–Crippen MR) is 68.5 cm³/mol. The molecule has 1 aliphatic heterocycles. The molecule has 16 heavy (non-hydrogen) atoms. The van der Waals surface area contributed by atoms with Crippen molar-refractivity contribution in [2.75, 3.05) is 20.2 Å². The van der Waals surface area contributed by atoms with Crippen molar-refractivity contribution in [3.63, 3.8) is 0 Å². The van der Waals surface area contributed by atoms with E-state index in [1.165, 1.54) is 12.8 Å². The van der Waals surface area contributed by atoms with Gasteiger partial charge in [-0.3, -0.25) is 4.90 Å². The lowest BCUT2D eigenvalue weighted by molar-refractivity contribution is 0.0361. The molecule has 1 rings (SSSR count). The van der Waals surface area contributed by atoms with Gasteiger partial charge in [-0.2, -0.15) is 0 Å². The van der Waals surface area contributed by atoms with Crippen LogP contribution in [0, 0.1) is 5.41 Å². The summed E-state index contributed by atoms with van der Waals surface area (Å²) in [6, 6.07) is 0.586. The third kappa shape index (κ3) is 3.72. The zero-order chi connectivity index (χ0) is 12.3. The number of nitrogens with two attached hydrogens (primary N) is 1. The molecule has 3 heteroatoms. The Morgan fingerprint density at radius 3 is 2.44 bits per heavy atom. The Morgan fingerprint density at radius 2 is 2.06 bits per heavy atom. The molecule has 0 aromatic carbocycles. The zero-order valence-corrected chi connectivity index (χ0v) is 11.5. The first kappa shape index (κ1) is 13.9. The van der Waals surface area contributed by atoms with Crippen molar-refractivity contribution >= 4 is 0 Å². The summed E-state index contributed by atoms with van der Waals surface area (Å²) in [6.45, 7) is 10.8. The van der Waals surface area contributed by atoms with Gasteiger partial charge in [0.15, 0.2) is 0 Å². The van der Waals surface area contributed by atoms with E-state index in [-0.39, 0.29) is 11.5 Å². The van der Waals surface area contributed by atoms with Crippen molar-refractivity contribution in [2.45, 2.75) is 58.7 Å². The molecule has 0 amide bonds. The van der Waals surface area contributed by atoms with Crippen LogP contribution in [0.4, 0.5) is 0 Å². The largest absolute Gasteiger partial charge is 0.377 e. The van der Waals surface area contributed by atoms with Gasteiger partial charge in [-0.05, 0) is 32.2 Å². The van der Waals surface area contributed by atoms with Gasteiger partial charge >= 0.3 is 0 Å². The van der Waals surface area contributed by atoms with Crippen LogP contribution in [0.2, 0.25) is 0 Å². The second-order valence-corrected chi connectivity index (χ2v) is 6.24. The van der Waals surface area contributed by atoms with E-state index in [2.05, 4.69) is 39.6 Å². The van der Waals surface area contributed by atoms with Gasteiger partial charge in [-0.25, -0.2) is 0 Å². The molecule has 3 atom stereocenters. The number of ether oxygens (including phenoxy) is 1. The van der Waals surface area contributed by atoms with Gasteiger partial charge in [0.1, 0.15) is 0 Å². The van der Waals surface area contributed by atoms with Crippen LogP contribution in [-0.4, -0.2) is 43.3 Å². The number of nitrogens with zero attached hydrogens (tertiary/aromatic N) is 1. The second kappa shape index (κ2) is 5.48. The maximum absolute atomic E-state index is 6.12. The van der Waals surface area contributed by atoms with Gasteiger partial charge < -0.3 is 10.5 Å². The molecular formula is C13H28N2O. The maximum Gasteiger partial charge on any atom is 0.0702 e. The Hall–Kier alpha value is -0.120. The molecule has 0 aliphatic carbocycles. The SMILES string of the molecule is CC(N)C(N(C)CC1CCCO1)C(C)(C)C. The highest BCUT2D eigenvalue weighted by atomic mass is 16.5. The zero-order valence-electron chi connectivity index (χ0n) is 11.5. The number of hydrogen-bond acceptors (Lipinski definition) is 3. The van der Waals surface area contributed by atoms with Crippen LogP contribution >= 0.6 is 0 Å². The Kier molecular flexibility index (Phi) is 4.77. The van der Waals surface area contributed by atoms with Gasteiger partial charge in [-0.1, -0.05) is 20.8 Å². The van der Waals surface area contributed by atoms with Crippen LogP contribution in [0.1, 0.15) is 40.5 Å².